The highest BCUT2D eigenvalue weighted by Gasteiger charge is 2.12. The third-order valence-electron chi connectivity index (χ3n) is 3.76. The monoisotopic (exact) mass is 421 g/mol. The quantitative estimate of drug-likeness (QED) is 0.659. The lowest BCUT2D eigenvalue weighted by Crippen LogP contribution is -2.24. The maximum Gasteiger partial charge on any atom is 0.328 e. The average molecular weight is 421 g/mol. The highest BCUT2D eigenvalue weighted by molar-refractivity contribution is 14.1. The van der Waals surface area contributed by atoms with E-state index in [0.29, 0.717) is 6.54 Å². The van der Waals surface area contributed by atoms with E-state index in [1.165, 1.54) is 0 Å². The summed E-state index contributed by atoms with van der Waals surface area (Å²) < 4.78 is 4.24. The number of imidazole rings is 1. The number of rotatable bonds is 4. The van der Waals surface area contributed by atoms with Crippen molar-refractivity contribution in [3.05, 3.63) is 62.6 Å². The summed E-state index contributed by atoms with van der Waals surface area (Å²) in [6.07, 6.45) is 0.249. The Hall–Kier alpha value is -2.09. The first-order chi connectivity index (χ1) is 11.1. The average Bonchev–Trinajstić information content (AvgIpc) is 2.80. The van der Waals surface area contributed by atoms with Crippen LogP contribution in [-0.4, -0.2) is 15.0 Å². The Balaban J connectivity index is 1.76. The van der Waals surface area contributed by atoms with Crippen LogP contribution in [0.25, 0.3) is 11.0 Å². The number of hydrogen-bond donors (Lipinski definition) is 1. The number of benzene rings is 2. The molecule has 3 aromatic rings. The van der Waals surface area contributed by atoms with Gasteiger partial charge in [-0.2, -0.15) is 0 Å². The summed E-state index contributed by atoms with van der Waals surface area (Å²) >= 11 is 2.18. The van der Waals surface area contributed by atoms with Gasteiger partial charge >= 0.3 is 5.69 Å². The minimum absolute atomic E-state index is 0.103. The lowest BCUT2D eigenvalue weighted by atomic mass is 10.3. The maximum atomic E-state index is 12.3. The van der Waals surface area contributed by atoms with Gasteiger partial charge in [-0.3, -0.25) is 13.9 Å². The highest BCUT2D eigenvalue weighted by atomic mass is 127. The van der Waals surface area contributed by atoms with Crippen LogP contribution in [0, 0.1) is 3.57 Å². The number of hydrogen-bond acceptors (Lipinski definition) is 2. The molecule has 0 spiro atoms. The molecule has 1 aromatic heterocycles. The fourth-order valence-corrected chi connectivity index (χ4v) is 3.09. The summed E-state index contributed by atoms with van der Waals surface area (Å²) in [4.78, 5) is 24.5. The predicted octanol–water partition coefficient (Wildman–Crippen LogP) is 2.97. The molecule has 1 amide bonds. The molecule has 1 heterocycles. The van der Waals surface area contributed by atoms with Crippen molar-refractivity contribution in [2.45, 2.75) is 13.0 Å². The van der Waals surface area contributed by atoms with Crippen LogP contribution in [0.4, 0.5) is 5.69 Å². The van der Waals surface area contributed by atoms with Crippen LogP contribution < -0.4 is 11.0 Å². The number of amides is 1. The number of carbonyl (C=O) groups excluding carboxylic acids is 1. The van der Waals surface area contributed by atoms with E-state index in [9.17, 15) is 9.59 Å². The first kappa shape index (κ1) is 15.8. The number of halogens is 1. The molecule has 0 radical (unpaired) electrons. The fourth-order valence-electron chi connectivity index (χ4n) is 2.57. The number of carbonyl (C=O) groups is 1. The number of fused-ring (bicyclic) bond motifs is 1. The number of anilines is 1. The van der Waals surface area contributed by atoms with Crippen LogP contribution in [0.15, 0.2) is 53.3 Å². The number of para-hydroxylation sites is 3. The van der Waals surface area contributed by atoms with E-state index >= 15 is 0 Å². The first-order valence-electron chi connectivity index (χ1n) is 7.26. The second kappa shape index (κ2) is 6.57. The Bertz CT molecular complexity index is 927. The van der Waals surface area contributed by atoms with Crippen LogP contribution in [0.1, 0.15) is 6.42 Å². The fraction of sp³-hybridized carbons (Fsp3) is 0.176. The molecule has 0 aliphatic rings. The summed E-state index contributed by atoms with van der Waals surface area (Å²) in [5.74, 6) is -0.103. The minimum atomic E-state index is -0.103. The molecular weight excluding hydrogens is 405 g/mol. The van der Waals surface area contributed by atoms with Crippen molar-refractivity contribution in [1.82, 2.24) is 9.13 Å². The van der Waals surface area contributed by atoms with Gasteiger partial charge in [0.05, 0.1) is 16.7 Å². The summed E-state index contributed by atoms with van der Waals surface area (Å²) in [7, 11) is 1.74. The van der Waals surface area contributed by atoms with Crippen molar-refractivity contribution in [2.24, 2.45) is 7.05 Å². The van der Waals surface area contributed by atoms with Gasteiger partial charge in [-0.15, -0.1) is 0 Å². The molecule has 0 aliphatic heterocycles. The number of nitrogens with one attached hydrogen (secondary N) is 1. The van der Waals surface area contributed by atoms with E-state index in [4.69, 9.17) is 0 Å². The van der Waals surface area contributed by atoms with Gasteiger partial charge in [0, 0.05) is 23.6 Å². The van der Waals surface area contributed by atoms with Gasteiger partial charge in [0.25, 0.3) is 0 Å². The molecule has 0 atom stereocenters. The minimum Gasteiger partial charge on any atom is -0.325 e. The van der Waals surface area contributed by atoms with Crippen molar-refractivity contribution >= 4 is 45.2 Å². The van der Waals surface area contributed by atoms with Crippen molar-refractivity contribution in [3.63, 3.8) is 0 Å². The van der Waals surface area contributed by atoms with Crippen LogP contribution in [-0.2, 0) is 18.4 Å². The Kier molecular flexibility index (Phi) is 4.51. The van der Waals surface area contributed by atoms with Crippen LogP contribution >= 0.6 is 22.6 Å². The third kappa shape index (κ3) is 3.17. The topological polar surface area (TPSA) is 56.0 Å². The number of aryl methyl sites for hydroxylation is 2. The maximum absolute atomic E-state index is 12.3. The van der Waals surface area contributed by atoms with Crippen molar-refractivity contribution in [3.8, 4) is 0 Å². The molecule has 5 nitrogen and oxygen atoms in total. The van der Waals surface area contributed by atoms with Gasteiger partial charge in [0.1, 0.15) is 0 Å². The van der Waals surface area contributed by atoms with E-state index in [-0.39, 0.29) is 18.0 Å². The molecule has 0 saturated heterocycles. The number of aromatic nitrogens is 2. The van der Waals surface area contributed by atoms with E-state index < -0.39 is 0 Å². The van der Waals surface area contributed by atoms with Crippen LogP contribution in [0.2, 0.25) is 0 Å². The zero-order valence-corrected chi connectivity index (χ0v) is 14.8. The second-order valence-electron chi connectivity index (χ2n) is 5.26. The Morgan fingerprint density at radius 3 is 2.48 bits per heavy atom. The largest absolute Gasteiger partial charge is 0.328 e. The van der Waals surface area contributed by atoms with E-state index in [1.54, 1.807) is 16.2 Å². The predicted molar refractivity (Wildman–Crippen MR) is 99.6 cm³/mol. The van der Waals surface area contributed by atoms with Gasteiger partial charge in [0.2, 0.25) is 5.91 Å². The molecule has 118 valence electrons. The summed E-state index contributed by atoms with van der Waals surface area (Å²) in [5, 5.41) is 2.89. The van der Waals surface area contributed by atoms with Crippen molar-refractivity contribution in [1.29, 1.82) is 0 Å². The van der Waals surface area contributed by atoms with E-state index in [1.807, 2.05) is 48.5 Å². The third-order valence-corrected chi connectivity index (χ3v) is 4.70. The van der Waals surface area contributed by atoms with Gasteiger partial charge in [-0.25, -0.2) is 4.79 Å². The molecule has 23 heavy (non-hydrogen) atoms. The Morgan fingerprint density at radius 1 is 1.09 bits per heavy atom. The lowest BCUT2D eigenvalue weighted by molar-refractivity contribution is -0.116. The van der Waals surface area contributed by atoms with Gasteiger partial charge in [0.15, 0.2) is 0 Å². The Morgan fingerprint density at radius 2 is 1.74 bits per heavy atom. The molecule has 0 unspecified atom stereocenters. The smallest absolute Gasteiger partial charge is 0.325 e. The van der Waals surface area contributed by atoms with Crippen LogP contribution in [0.5, 0.6) is 0 Å². The van der Waals surface area contributed by atoms with Crippen molar-refractivity contribution < 1.29 is 4.79 Å². The first-order valence-corrected chi connectivity index (χ1v) is 8.34. The molecule has 3 rings (SSSR count). The van der Waals surface area contributed by atoms with E-state index in [2.05, 4.69) is 27.9 Å². The standard InChI is InChI=1S/C17H16IN3O2/c1-20-14-8-4-5-9-15(14)21(17(20)23)11-10-16(22)19-13-7-3-2-6-12(13)18/h2-9H,10-11H2,1H3,(H,19,22). The van der Waals surface area contributed by atoms with Gasteiger partial charge in [-0.1, -0.05) is 24.3 Å². The SMILES string of the molecule is Cn1c(=O)n(CCC(=O)Nc2ccccc2I)c2ccccc21. The molecule has 0 aliphatic carbocycles. The molecule has 6 heteroatoms. The molecule has 0 saturated carbocycles. The van der Waals surface area contributed by atoms with E-state index in [0.717, 1.165) is 20.3 Å². The van der Waals surface area contributed by atoms with Crippen LogP contribution in [0.3, 0.4) is 0 Å². The molecule has 1 N–H and O–H groups in total. The van der Waals surface area contributed by atoms with Crippen molar-refractivity contribution in [2.75, 3.05) is 5.32 Å². The molecule has 2 aromatic carbocycles. The lowest BCUT2D eigenvalue weighted by Gasteiger charge is -2.07. The summed E-state index contributed by atoms with van der Waals surface area (Å²) in [6.45, 7) is 0.357. The zero-order valence-electron chi connectivity index (χ0n) is 12.6. The zero-order chi connectivity index (χ0) is 16.4. The normalized spacial score (nSPS) is 10.9. The molecule has 0 bridgehead atoms. The highest BCUT2D eigenvalue weighted by Crippen LogP contribution is 2.17. The van der Waals surface area contributed by atoms with Gasteiger partial charge in [-0.05, 0) is 46.9 Å². The summed E-state index contributed by atoms with van der Waals surface area (Å²) in [5.41, 5.74) is 2.41. The number of nitrogens with zero attached hydrogens (tertiary/aromatic N) is 2. The van der Waals surface area contributed by atoms with Gasteiger partial charge < -0.3 is 5.32 Å². The second-order valence-corrected chi connectivity index (χ2v) is 6.42. The molecular formula is C17H16IN3O2. The molecule has 0 fully saturated rings. The Labute approximate surface area is 147 Å². The summed E-state index contributed by atoms with van der Waals surface area (Å²) in [6, 6.07) is 15.2.